The minimum Gasteiger partial charge on any atom is -0.216 e. The van der Waals surface area contributed by atoms with Gasteiger partial charge in [0.25, 0.3) is 0 Å². The van der Waals surface area contributed by atoms with Gasteiger partial charge in [0.15, 0.2) is 17.1 Å². The van der Waals surface area contributed by atoms with Crippen molar-refractivity contribution < 1.29 is 0 Å². The van der Waals surface area contributed by atoms with E-state index in [2.05, 4.69) is 15.4 Å². The maximum atomic E-state index is 5.21. The Balaban J connectivity index is 1.13. The molecule has 0 N–H and O–H groups in total. The van der Waals surface area contributed by atoms with Gasteiger partial charge in [0.1, 0.15) is 6.33 Å². The van der Waals surface area contributed by atoms with Crippen LogP contribution in [0.3, 0.4) is 0 Å². The quantitative estimate of drug-likeness (QED) is 0.344. The van der Waals surface area contributed by atoms with E-state index in [1.165, 1.54) is 6.42 Å². The van der Waals surface area contributed by atoms with Crippen molar-refractivity contribution in [1.82, 2.24) is 49.6 Å². The van der Waals surface area contributed by atoms with E-state index in [0.717, 1.165) is 65.9 Å². The van der Waals surface area contributed by atoms with Crippen molar-refractivity contribution >= 4 is 16.7 Å². The zero-order valence-electron chi connectivity index (χ0n) is 21.3. The molecule has 0 saturated heterocycles. The summed E-state index contributed by atoms with van der Waals surface area (Å²) in [6.45, 7) is 0. The van der Waals surface area contributed by atoms with Gasteiger partial charge in [-0.25, -0.2) is 19.2 Å². The third-order valence-electron chi connectivity index (χ3n) is 9.28. The molecule has 0 amide bonds. The SMILES string of the molecule is c1ccc(-c2nnn(C34CC5CC(CC(c6nc7c8cnn(-c9ccccc9)c8ncn7n6)(C5)C3)C4)n2)cc1. The Labute approximate surface area is 223 Å². The average molecular weight is 515 g/mol. The van der Waals surface area contributed by atoms with E-state index in [1.54, 1.807) is 6.33 Å². The molecule has 10 rings (SSSR count). The Morgan fingerprint density at radius 1 is 0.821 bits per heavy atom. The smallest absolute Gasteiger partial charge is 0.204 e. The minimum absolute atomic E-state index is 0.0988. The van der Waals surface area contributed by atoms with Crippen LogP contribution >= 0.6 is 0 Å². The largest absolute Gasteiger partial charge is 0.216 e. The van der Waals surface area contributed by atoms with Crippen LogP contribution in [0.2, 0.25) is 0 Å². The molecule has 0 spiro atoms. The summed E-state index contributed by atoms with van der Waals surface area (Å²) >= 11 is 0. The number of fused-ring (bicyclic) bond motifs is 3. The van der Waals surface area contributed by atoms with Gasteiger partial charge in [-0.15, -0.1) is 15.3 Å². The van der Waals surface area contributed by atoms with Crippen molar-refractivity contribution in [2.75, 3.05) is 0 Å². The lowest BCUT2D eigenvalue weighted by atomic mass is 9.46. The fourth-order valence-corrected chi connectivity index (χ4v) is 8.13. The molecule has 10 heteroatoms. The molecule has 2 aromatic carbocycles. The lowest BCUT2D eigenvalue weighted by Crippen LogP contribution is -2.59. The van der Waals surface area contributed by atoms with Crippen molar-refractivity contribution in [3.63, 3.8) is 0 Å². The summed E-state index contributed by atoms with van der Waals surface area (Å²) in [5.41, 5.74) is 3.33. The summed E-state index contributed by atoms with van der Waals surface area (Å²) in [6, 6.07) is 20.2. The second-order valence-electron chi connectivity index (χ2n) is 11.8. The van der Waals surface area contributed by atoms with Crippen molar-refractivity contribution in [2.24, 2.45) is 11.8 Å². The van der Waals surface area contributed by atoms with Crippen LogP contribution in [0.1, 0.15) is 44.3 Å². The third kappa shape index (κ3) is 3.05. The normalized spacial score (nSPS) is 27.6. The highest BCUT2D eigenvalue weighted by molar-refractivity contribution is 5.89. The molecule has 4 aliphatic carbocycles. The Morgan fingerprint density at radius 2 is 1.59 bits per heavy atom. The molecular weight excluding hydrogens is 488 g/mol. The number of rotatable bonds is 4. The lowest BCUT2D eigenvalue weighted by molar-refractivity contribution is -0.0784. The molecule has 4 aliphatic rings. The number of aromatic nitrogens is 10. The summed E-state index contributed by atoms with van der Waals surface area (Å²) in [5.74, 6) is 2.84. The number of hydrogen-bond donors (Lipinski definition) is 0. The van der Waals surface area contributed by atoms with Gasteiger partial charge in [-0.3, -0.25) is 0 Å². The molecular formula is C29H26N10. The summed E-state index contributed by atoms with van der Waals surface area (Å²) in [6.07, 6.45) is 10.3. The Kier molecular flexibility index (Phi) is 4.16. The van der Waals surface area contributed by atoms with Crippen LogP contribution in [0.4, 0.5) is 0 Å². The van der Waals surface area contributed by atoms with E-state index in [9.17, 15) is 0 Å². The van der Waals surface area contributed by atoms with Crippen molar-refractivity contribution in [3.8, 4) is 17.1 Å². The molecule has 2 unspecified atom stereocenters. The number of tetrazole rings is 1. The van der Waals surface area contributed by atoms with Crippen LogP contribution in [0.25, 0.3) is 33.8 Å². The standard InChI is InChI=1S/C29H26N10/c1-3-7-21(8-4-1)24-33-36-39(34-24)29-14-19-11-20(15-29)13-28(12-19,17-29)27-32-26-23-16-31-38(22-9-5-2-6-10-22)25(23)30-18-37(26)35-27/h1-10,16,18-20H,11-15,17H2. The van der Waals surface area contributed by atoms with Gasteiger partial charge in [0, 0.05) is 11.0 Å². The number of hydrogen-bond acceptors (Lipinski definition) is 7. The highest BCUT2D eigenvalue weighted by Crippen LogP contribution is 2.64. The average Bonchev–Trinajstić information content (AvgIpc) is 3.72. The van der Waals surface area contributed by atoms with Crippen molar-refractivity contribution in [3.05, 3.63) is 79.0 Å². The highest BCUT2D eigenvalue weighted by Gasteiger charge is 2.61. The summed E-state index contributed by atoms with van der Waals surface area (Å²) in [7, 11) is 0. The monoisotopic (exact) mass is 514 g/mol. The Morgan fingerprint density at radius 3 is 2.38 bits per heavy atom. The summed E-state index contributed by atoms with van der Waals surface area (Å²) in [4.78, 5) is 11.9. The molecule has 192 valence electrons. The van der Waals surface area contributed by atoms with Gasteiger partial charge in [0.05, 0.1) is 22.8 Å². The number of para-hydroxylation sites is 1. The van der Waals surface area contributed by atoms with Gasteiger partial charge in [-0.1, -0.05) is 48.5 Å². The maximum absolute atomic E-state index is 5.21. The summed E-state index contributed by atoms with van der Waals surface area (Å²) < 4.78 is 3.70. The predicted molar refractivity (Wildman–Crippen MR) is 143 cm³/mol. The molecule has 4 saturated carbocycles. The molecule has 4 heterocycles. The second kappa shape index (κ2) is 7.56. The molecule has 4 bridgehead atoms. The van der Waals surface area contributed by atoms with E-state index in [1.807, 2.05) is 80.9 Å². The minimum atomic E-state index is -0.145. The van der Waals surface area contributed by atoms with Crippen LogP contribution in [0.15, 0.2) is 73.2 Å². The zero-order valence-corrected chi connectivity index (χ0v) is 21.3. The summed E-state index contributed by atoms with van der Waals surface area (Å²) in [5, 5.41) is 24.6. The topological polar surface area (TPSA) is 104 Å². The van der Waals surface area contributed by atoms with Crippen molar-refractivity contribution in [1.29, 1.82) is 0 Å². The van der Waals surface area contributed by atoms with Crippen LogP contribution in [-0.4, -0.2) is 49.6 Å². The highest BCUT2D eigenvalue weighted by atomic mass is 15.6. The van der Waals surface area contributed by atoms with E-state index in [-0.39, 0.29) is 11.0 Å². The van der Waals surface area contributed by atoms with E-state index < -0.39 is 0 Å². The zero-order chi connectivity index (χ0) is 25.6. The van der Waals surface area contributed by atoms with Gasteiger partial charge >= 0.3 is 0 Å². The van der Waals surface area contributed by atoms with Crippen LogP contribution in [0.5, 0.6) is 0 Å². The fourth-order valence-electron chi connectivity index (χ4n) is 8.13. The van der Waals surface area contributed by atoms with Crippen LogP contribution in [0, 0.1) is 11.8 Å². The predicted octanol–water partition coefficient (Wildman–Crippen LogP) is 4.36. The Hall–Kier alpha value is -4.47. The van der Waals surface area contributed by atoms with E-state index in [4.69, 9.17) is 20.2 Å². The molecule has 39 heavy (non-hydrogen) atoms. The third-order valence-corrected chi connectivity index (χ3v) is 9.28. The first-order valence-corrected chi connectivity index (χ1v) is 13.7. The number of nitrogens with zero attached hydrogens (tertiary/aromatic N) is 10. The second-order valence-corrected chi connectivity index (χ2v) is 11.8. The molecule has 0 aliphatic heterocycles. The van der Waals surface area contributed by atoms with Gasteiger partial charge in [-0.05, 0) is 67.7 Å². The van der Waals surface area contributed by atoms with Gasteiger partial charge < -0.3 is 0 Å². The molecule has 4 fully saturated rings. The van der Waals surface area contributed by atoms with Crippen molar-refractivity contribution in [2.45, 2.75) is 49.5 Å². The van der Waals surface area contributed by atoms with Gasteiger partial charge in [0.2, 0.25) is 5.82 Å². The van der Waals surface area contributed by atoms with E-state index >= 15 is 0 Å². The Bertz CT molecular complexity index is 1840. The van der Waals surface area contributed by atoms with Gasteiger partial charge in [-0.2, -0.15) is 9.90 Å². The first-order chi connectivity index (χ1) is 19.2. The lowest BCUT2D eigenvalue weighted by Gasteiger charge is -2.60. The maximum Gasteiger partial charge on any atom is 0.204 e. The molecule has 6 aromatic rings. The fraction of sp³-hybridized carbons (Fsp3) is 0.345. The number of benzene rings is 2. The molecule has 10 nitrogen and oxygen atoms in total. The first-order valence-electron chi connectivity index (χ1n) is 13.7. The van der Waals surface area contributed by atoms with Crippen LogP contribution in [-0.2, 0) is 11.0 Å². The molecule has 4 aromatic heterocycles. The van der Waals surface area contributed by atoms with Crippen LogP contribution < -0.4 is 0 Å². The molecule has 2 atom stereocenters. The molecule has 0 radical (unpaired) electrons. The first kappa shape index (κ1) is 21.5. The van der Waals surface area contributed by atoms with E-state index in [0.29, 0.717) is 17.7 Å².